The zero-order valence-corrected chi connectivity index (χ0v) is 17.5. The van der Waals surface area contributed by atoms with Gasteiger partial charge in [-0.05, 0) is 56.7 Å². The summed E-state index contributed by atoms with van der Waals surface area (Å²) in [6.45, 7) is 3.42. The van der Waals surface area contributed by atoms with Crippen molar-refractivity contribution in [3.05, 3.63) is 10.6 Å². The Balaban J connectivity index is 1.53. The highest BCUT2D eigenvalue weighted by Gasteiger charge is 2.33. The Labute approximate surface area is 172 Å². The predicted molar refractivity (Wildman–Crippen MR) is 109 cm³/mol. The summed E-state index contributed by atoms with van der Waals surface area (Å²) >= 11 is 5.81. The molecule has 28 heavy (non-hydrogen) atoms. The van der Waals surface area contributed by atoms with E-state index < -0.39 is 0 Å². The Morgan fingerprint density at radius 2 is 2.00 bits per heavy atom. The van der Waals surface area contributed by atoms with Gasteiger partial charge in [0.15, 0.2) is 4.77 Å². The minimum Gasteiger partial charge on any atom is -0.376 e. The molecule has 4 rings (SSSR count). The maximum Gasteiger partial charge on any atom is 0.217 e. The van der Waals surface area contributed by atoms with Crippen LogP contribution in [0.15, 0.2) is 0 Å². The van der Waals surface area contributed by atoms with Crippen molar-refractivity contribution < 1.29 is 9.53 Å². The third kappa shape index (κ3) is 4.49. The van der Waals surface area contributed by atoms with Crippen LogP contribution in [0.25, 0.3) is 0 Å². The molecule has 1 aliphatic carbocycles. The van der Waals surface area contributed by atoms with Crippen LogP contribution in [0.3, 0.4) is 0 Å². The van der Waals surface area contributed by atoms with Gasteiger partial charge in [-0.2, -0.15) is 5.10 Å². The molecule has 156 valence electrons. The molecular formula is C20H33N5O2S. The molecule has 0 aromatic carbocycles. The number of piperidine rings is 1. The fraction of sp³-hybridized carbons (Fsp3) is 0.850. The van der Waals surface area contributed by atoms with Crippen molar-refractivity contribution in [1.82, 2.24) is 19.2 Å². The first-order valence-electron chi connectivity index (χ1n) is 10.9. The number of aryl methyl sites for hydroxylation is 1. The molecule has 0 bridgehead atoms. The summed E-state index contributed by atoms with van der Waals surface area (Å²) in [5, 5.41) is 4.83. The second-order valence-corrected chi connectivity index (χ2v) is 8.98. The van der Waals surface area contributed by atoms with Crippen LogP contribution in [0.4, 0.5) is 0 Å². The van der Waals surface area contributed by atoms with E-state index in [1.54, 1.807) is 0 Å². The van der Waals surface area contributed by atoms with E-state index in [-0.39, 0.29) is 12.0 Å². The molecule has 3 aliphatic rings. The molecule has 2 aliphatic heterocycles. The second kappa shape index (κ2) is 9.05. The fourth-order valence-corrected chi connectivity index (χ4v) is 5.53. The first-order chi connectivity index (χ1) is 13.6. The van der Waals surface area contributed by atoms with Crippen molar-refractivity contribution in [1.29, 1.82) is 0 Å². The summed E-state index contributed by atoms with van der Waals surface area (Å²) in [5.41, 5.74) is 5.38. The van der Waals surface area contributed by atoms with E-state index in [2.05, 4.69) is 9.47 Å². The van der Waals surface area contributed by atoms with Crippen LogP contribution in [0.1, 0.15) is 63.6 Å². The summed E-state index contributed by atoms with van der Waals surface area (Å²) < 4.78 is 10.6. The van der Waals surface area contributed by atoms with Gasteiger partial charge in [0.1, 0.15) is 5.82 Å². The molecular weight excluding hydrogens is 374 g/mol. The number of rotatable bonds is 7. The van der Waals surface area contributed by atoms with Crippen molar-refractivity contribution in [3.63, 3.8) is 0 Å². The van der Waals surface area contributed by atoms with Crippen LogP contribution in [0.2, 0.25) is 0 Å². The first kappa shape index (κ1) is 20.0. The summed E-state index contributed by atoms with van der Waals surface area (Å²) in [6.07, 6.45) is 11.2. The van der Waals surface area contributed by atoms with Crippen molar-refractivity contribution in [3.8, 4) is 0 Å². The van der Waals surface area contributed by atoms with Crippen molar-refractivity contribution in [2.45, 2.75) is 89.6 Å². The molecule has 0 spiro atoms. The van der Waals surface area contributed by atoms with Crippen LogP contribution >= 0.6 is 12.2 Å². The smallest absolute Gasteiger partial charge is 0.217 e. The number of carbonyl (C=O) groups is 1. The molecule has 1 amide bonds. The number of primary amides is 1. The van der Waals surface area contributed by atoms with Crippen LogP contribution < -0.4 is 5.73 Å². The Kier molecular flexibility index (Phi) is 6.48. The molecule has 1 saturated carbocycles. The van der Waals surface area contributed by atoms with Crippen molar-refractivity contribution >= 4 is 18.1 Å². The number of nitrogens with two attached hydrogens (primary N) is 1. The van der Waals surface area contributed by atoms with Gasteiger partial charge < -0.3 is 15.0 Å². The average molecular weight is 408 g/mol. The number of hydrogen-bond donors (Lipinski definition) is 1. The number of ether oxygens (including phenoxy) is 1. The molecule has 1 aromatic heterocycles. The van der Waals surface area contributed by atoms with Crippen LogP contribution in [0, 0.1) is 10.7 Å². The number of likely N-dealkylation sites (tertiary alicyclic amines) is 1. The SMILES string of the molecule is NC(=O)CCc1nn(CN2CCCC3CCCCC32)c(=S)n1CC1CCCO1. The normalized spacial score (nSPS) is 28.4. The number of carbonyl (C=O) groups excluding carboxylic acids is 1. The van der Waals surface area contributed by atoms with Gasteiger partial charge in [0.2, 0.25) is 5.91 Å². The van der Waals surface area contributed by atoms with Gasteiger partial charge in [-0.15, -0.1) is 0 Å². The lowest BCUT2D eigenvalue weighted by Gasteiger charge is -2.43. The van der Waals surface area contributed by atoms with E-state index in [0.717, 1.165) is 55.7 Å². The maximum atomic E-state index is 11.3. The zero-order valence-electron chi connectivity index (χ0n) is 16.7. The largest absolute Gasteiger partial charge is 0.376 e. The van der Waals surface area contributed by atoms with E-state index in [1.807, 2.05) is 4.68 Å². The van der Waals surface area contributed by atoms with Gasteiger partial charge in [-0.1, -0.05) is 12.8 Å². The molecule has 3 atom stereocenters. The standard InChI is InChI=1S/C20H33N5O2S/c21-18(26)9-10-19-22-25(20(28)24(19)13-16-7-4-12-27-16)14-23-11-3-6-15-5-1-2-8-17(15)23/h15-17H,1-14H2,(H2,21,26). The van der Waals surface area contributed by atoms with Crippen LogP contribution in [-0.2, 0) is 29.2 Å². The van der Waals surface area contributed by atoms with Gasteiger partial charge in [0, 0.05) is 32.0 Å². The molecule has 7 nitrogen and oxygen atoms in total. The Hall–Kier alpha value is -1.25. The van der Waals surface area contributed by atoms with Crippen molar-refractivity contribution in [2.75, 3.05) is 13.2 Å². The summed E-state index contributed by atoms with van der Waals surface area (Å²) in [4.78, 5) is 13.9. The molecule has 2 N–H and O–H groups in total. The minimum atomic E-state index is -0.301. The molecule has 3 fully saturated rings. The predicted octanol–water partition coefficient (Wildman–Crippen LogP) is 2.62. The van der Waals surface area contributed by atoms with Gasteiger partial charge >= 0.3 is 0 Å². The number of fused-ring (bicyclic) bond motifs is 1. The van der Waals surface area contributed by atoms with Gasteiger partial charge in [0.05, 0.1) is 19.3 Å². The van der Waals surface area contributed by atoms with E-state index in [9.17, 15) is 4.79 Å². The van der Waals surface area contributed by atoms with Gasteiger partial charge in [-0.25, -0.2) is 4.68 Å². The molecule has 2 saturated heterocycles. The number of amides is 1. The van der Waals surface area contributed by atoms with E-state index in [0.29, 0.717) is 18.9 Å². The molecule has 0 radical (unpaired) electrons. The van der Waals surface area contributed by atoms with Crippen LogP contribution in [0.5, 0.6) is 0 Å². The molecule has 3 heterocycles. The van der Waals surface area contributed by atoms with E-state index in [4.69, 9.17) is 27.8 Å². The van der Waals surface area contributed by atoms with E-state index >= 15 is 0 Å². The summed E-state index contributed by atoms with van der Waals surface area (Å²) in [7, 11) is 0. The Morgan fingerprint density at radius 3 is 2.79 bits per heavy atom. The lowest BCUT2D eigenvalue weighted by atomic mass is 9.78. The molecule has 3 unspecified atom stereocenters. The van der Waals surface area contributed by atoms with Gasteiger partial charge in [-0.3, -0.25) is 9.69 Å². The highest BCUT2D eigenvalue weighted by molar-refractivity contribution is 7.71. The number of nitrogens with zero attached hydrogens (tertiary/aromatic N) is 4. The van der Waals surface area contributed by atoms with E-state index in [1.165, 1.54) is 38.5 Å². The highest BCUT2D eigenvalue weighted by Crippen LogP contribution is 2.35. The van der Waals surface area contributed by atoms with Crippen molar-refractivity contribution in [2.24, 2.45) is 11.7 Å². The van der Waals surface area contributed by atoms with Crippen LogP contribution in [-0.4, -0.2) is 50.5 Å². The number of aromatic nitrogens is 3. The third-order valence-electron chi connectivity index (χ3n) is 6.68. The molecule has 8 heteroatoms. The first-order valence-corrected chi connectivity index (χ1v) is 11.3. The lowest BCUT2D eigenvalue weighted by Crippen LogP contribution is -2.47. The Bertz CT molecular complexity index is 737. The Morgan fingerprint density at radius 1 is 1.18 bits per heavy atom. The average Bonchev–Trinajstić information content (AvgIpc) is 3.31. The highest BCUT2D eigenvalue weighted by atomic mass is 32.1. The summed E-state index contributed by atoms with van der Waals surface area (Å²) in [5.74, 6) is 1.39. The van der Waals surface area contributed by atoms with Gasteiger partial charge in [0.25, 0.3) is 0 Å². The molecule has 1 aromatic rings. The fourth-order valence-electron chi connectivity index (χ4n) is 5.25. The number of hydrogen-bond acceptors (Lipinski definition) is 5. The zero-order chi connectivity index (χ0) is 19.5. The maximum absolute atomic E-state index is 11.3. The minimum absolute atomic E-state index is 0.189. The lowest BCUT2D eigenvalue weighted by molar-refractivity contribution is -0.118. The second-order valence-electron chi connectivity index (χ2n) is 8.62. The summed E-state index contributed by atoms with van der Waals surface area (Å²) in [6, 6.07) is 0.668. The third-order valence-corrected chi connectivity index (χ3v) is 7.11. The topological polar surface area (TPSA) is 78.3 Å². The monoisotopic (exact) mass is 407 g/mol. The quantitative estimate of drug-likeness (QED) is 0.703.